The highest BCUT2D eigenvalue weighted by Crippen LogP contribution is 2.35. The second-order valence-electron chi connectivity index (χ2n) is 3.05. The summed E-state index contributed by atoms with van der Waals surface area (Å²) in [6.45, 7) is 2.99. The Hall–Kier alpha value is -0.260. The molecule has 72 valence electrons. The standard InChI is InChI=1S/C8H12N2OS2/c1-5-6(2-3-11-5)12-8-10-4-7(9)13-8/h4-6H,2-3,9H2,1H3. The molecule has 2 atom stereocenters. The first kappa shape index (κ1) is 9.30. The Labute approximate surface area is 85.7 Å². The van der Waals surface area contributed by atoms with Crippen LogP contribution in [0.25, 0.3) is 0 Å². The predicted molar refractivity (Wildman–Crippen MR) is 56.2 cm³/mol. The molecule has 0 aromatic carbocycles. The van der Waals surface area contributed by atoms with E-state index >= 15 is 0 Å². The van der Waals surface area contributed by atoms with Crippen molar-refractivity contribution in [2.24, 2.45) is 0 Å². The van der Waals surface area contributed by atoms with Gasteiger partial charge in [0.25, 0.3) is 0 Å². The lowest BCUT2D eigenvalue weighted by molar-refractivity contribution is 0.127. The quantitative estimate of drug-likeness (QED) is 0.821. The summed E-state index contributed by atoms with van der Waals surface area (Å²) in [5.74, 6) is 0. The molecule has 0 spiro atoms. The predicted octanol–water partition coefficient (Wildman–Crippen LogP) is 1.99. The first-order chi connectivity index (χ1) is 6.25. The van der Waals surface area contributed by atoms with Gasteiger partial charge in [0.2, 0.25) is 0 Å². The Kier molecular flexibility index (Phi) is 2.76. The van der Waals surface area contributed by atoms with Gasteiger partial charge < -0.3 is 10.5 Å². The number of rotatable bonds is 2. The van der Waals surface area contributed by atoms with E-state index in [-0.39, 0.29) is 0 Å². The minimum absolute atomic E-state index is 0.343. The Morgan fingerprint density at radius 1 is 1.77 bits per heavy atom. The average molecular weight is 216 g/mol. The molecule has 1 aromatic rings. The fraction of sp³-hybridized carbons (Fsp3) is 0.625. The fourth-order valence-corrected chi connectivity index (χ4v) is 3.44. The number of thioether (sulfide) groups is 1. The molecule has 0 bridgehead atoms. The number of nitrogen functional groups attached to an aromatic ring is 1. The largest absolute Gasteiger partial charge is 0.389 e. The van der Waals surface area contributed by atoms with Gasteiger partial charge in [-0.25, -0.2) is 4.98 Å². The number of aromatic nitrogens is 1. The molecule has 5 heteroatoms. The molecule has 1 aromatic heterocycles. The second-order valence-corrected chi connectivity index (χ2v) is 5.60. The van der Waals surface area contributed by atoms with Crippen molar-refractivity contribution in [3.05, 3.63) is 6.20 Å². The van der Waals surface area contributed by atoms with E-state index in [4.69, 9.17) is 10.5 Å². The number of anilines is 1. The first-order valence-electron chi connectivity index (χ1n) is 4.25. The van der Waals surface area contributed by atoms with E-state index in [1.807, 2.05) is 0 Å². The number of ether oxygens (including phenoxy) is 1. The summed E-state index contributed by atoms with van der Waals surface area (Å²) in [4.78, 5) is 4.21. The van der Waals surface area contributed by atoms with Crippen LogP contribution < -0.4 is 5.73 Å². The van der Waals surface area contributed by atoms with E-state index in [0.717, 1.165) is 22.4 Å². The molecule has 1 aliphatic rings. The van der Waals surface area contributed by atoms with Crippen LogP contribution in [0.3, 0.4) is 0 Å². The van der Waals surface area contributed by atoms with E-state index in [1.165, 1.54) is 0 Å². The van der Waals surface area contributed by atoms with Crippen molar-refractivity contribution in [2.45, 2.75) is 29.0 Å². The molecule has 0 radical (unpaired) electrons. The zero-order chi connectivity index (χ0) is 9.26. The summed E-state index contributed by atoms with van der Waals surface area (Å²) >= 11 is 3.33. The van der Waals surface area contributed by atoms with Gasteiger partial charge in [-0.1, -0.05) is 23.1 Å². The number of nitrogens with zero attached hydrogens (tertiary/aromatic N) is 1. The molecular formula is C8H12N2OS2. The zero-order valence-electron chi connectivity index (χ0n) is 7.40. The van der Waals surface area contributed by atoms with Gasteiger partial charge in [0.15, 0.2) is 4.34 Å². The van der Waals surface area contributed by atoms with Crippen LogP contribution in [-0.4, -0.2) is 22.9 Å². The number of hydrogen-bond acceptors (Lipinski definition) is 5. The van der Waals surface area contributed by atoms with Gasteiger partial charge in [-0.2, -0.15) is 0 Å². The molecule has 3 nitrogen and oxygen atoms in total. The van der Waals surface area contributed by atoms with Crippen molar-refractivity contribution in [1.82, 2.24) is 4.98 Å². The van der Waals surface area contributed by atoms with Crippen LogP contribution >= 0.6 is 23.1 Å². The third-order valence-corrected chi connectivity index (χ3v) is 4.45. The molecule has 1 fully saturated rings. The second kappa shape index (κ2) is 3.86. The summed E-state index contributed by atoms with van der Waals surface area (Å²) in [5, 5.41) is 1.33. The highest BCUT2D eigenvalue weighted by atomic mass is 32.2. The molecule has 2 heterocycles. The zero-order valence-corrected chi connectivity index (χ0v) is 9.03. The number of nitrogens with two attached hydrogens (primary N) is 1. The Morgan fingerprint density at radius 2 is 2.62 bits per heavy atom. The smallest absolute Gasteiger partial charge is 0.152 e. The third-order valence-electron chi connectivity index (χ3n) is 2.06. The van der Waals surface area contributed by atoms with E-state index in [2.05, 4.69) is 11.9 Å². The van der Waals surface area contributed by atoms with Gasteiger partial charge in [-0.15, -0.1) is 0 Å². The summed E-state index contributed by atoms with van der Waals surface area (Å²) in [6.07, 6.45) is 3.17. The minimum atomic E-state index is 0.343. The molecule has 13 heavy (non-hydrogen) atoms. The van der Waals surface area contributed by atoms with E-state index in [1.54, 1.807) is 29.3 Å². The molecule has 2 rings (SSSR count). The minimum Gasteiger partial charge on any atom is -0.389 e. The summed E-state index contributed by atoms with van der Waals surface area (Å²) in [6, 6.07) is 0. The number of hydrogen-bond donors (Lipinski definition) is 1. The average Bonchev–Trinajstić information content (AvgIpc) is 2.64. The maximum atomic E-state index is 5.60. The van der Waals surface area contributed by atoms with Gasteiger partial charge in [0.1, 0.15) is 5.00 Å². The molecule has 1 aliphatic heterocycles. The SMILES string of the molecule is CC1OCCC1Sc1ncc(N)s1. The van der Waals surface area contributed by atoms with E-state index < -0.39 is 0 Å². The van der Waals surface area contributed by atoms with Gasteiger partial charge in [0, 0.05) is 11.9 Å². The maximum absolute atomic E-state index is 5.60. The molecule has 0 aliphatic carbocycles. The van der Waals surface area contributed by atoms with Gasteiger partial charge in [-0.05, 0) is 13.3 Å². The van der Waals surface area contributed by atoms with Crippen LogP contribution in [0.1, 0.15) is 13.3 Å². The van der Waals surface area contributed by atoms with Gasteiger partial charge in [-0.3, -0.25) is 0 Å². The first-order valence-corrected chi connectivity index (χ1v) is 5.95. The lowest BCUT2D eigenvalue weighted by Crippen LogP contribution is -2.12. The summed E-state index contributed by atoms with van der Waals surface area (Å²) in [7, 11) is 0. The lowest BCUT2D eigenvalue weighted by atomic mass is 10.3. The lowest BCUT2D eigenvalue weighted by Gasteiger charge is -2.10. The van der Waals surface area contributed by atoms with Crippen molar-refractivity contribution < 1.29 is 4.74 Å². The van der Waals surface area contributed by atoms with Crippen LogP contribution in [-0.2, 0) is 4.74 Å². The Balaban J connectivity index is 1.97. The summed E-state index contributed by atoms with van der Waals surface area (Å²) in [5.41, 5.74) is 5.60. The Morgan fingerprint density at radius 3 is 3.15 bits per heavy atom. The Bertz CT molecular complexity index is 289. The van der Waals surface area contributed by atoms with Crippen LogP contribution in [0.15, 0.2) is 10.5 Å². The van der Waals surface area contributed by atoms with Crippen molar-refractivity contribution in [3.63, 3.8) is 0 Å². The highest BCUT2D eigenvalue weighted by molar-refractivity contribution is 8.01. The summed E-state index contributed by atoms with van der Waals surface area (Å²) < 4.78 is 6.52. The molecule has 2 N–H and O–H groups in total. The van der Waals surface area contributed by atoms with Crippen LogP contribution in [0.5, 0.6) is 0 Å². The number of thiazole rings is 1. The van der Waals surface area contributed by atoms with Gasteiger partial charge in [0.05, 0.1) is 12.3 Å². The monoisotopic (exact) mass is 216 g/mol. The van der Waals surface area contributed by atoms with Crippen LogP contribution in [0, 0.1) is 0 Å². The maximum Gasteiger partial charge on any atom is 0.152 e. The highest BCUT2D eigenvalue weighted by Gasteiger charge is 2.25. The molecule has 0 amide bonds. The van der Waals surface area contributed by atoms with Crippen molar-refractivity contribution in [3.8, 4) is 0 Å². The van der Waals surface area contributed by atoms with Crippen molar-refractivity contribution >= 4 is 28.1 Å². The van der Waals surface area contributed by atoms with Crippen molar-refractivity contribution in [1.29, 1.82) is 0 Å². The van der Waals surface area contributed by atoms with Crippen LogP contribution in [0.4, 0.5) is 5.00 Å². The molecule has 0 saturated carbocycles. The van der Waals surface area contributed by atoms with Crippen LogP contribution in [0.2, 0.25) is 0 Å². The molecular weight excluding hydrogens is 204 g/mol. The molecule has 1 saturated heterocycles. The fourth-order valence-electron chi connectivity index (χ4n) is 1.32. The van der Waals surface area contributed by atoms with E-state index in [9.17, 15) is 0 Å². The third kappa shape index (κ3) is 2.15. The van der Waals surface area contributed by atoms with Crippen molar-refractivity contribution in [2.75, 3.05) is 12.3 Å². The van der Waals surface area contributed by atoms with E-state index in [0.29, 0.717) is 11.4 Å². The van der Waals surface area contributed by atoms with Gasteiger partial charge >= 0.3 is 0 Å². The topological polar surface area (TPSA) is 48.1 Å². The molecule has 2 unspecified atom stereocenters. The normalized spacial score (nSPS) is 28.1.